The highest BCUT2D eigenvalue weighted by Gasteiger charge is 2.22. The summed E-state index contributed by atoms with van der Waals surface area (Å²) in [4.78, 5) is 16.5. The van der Waals surface area contributed by atoms with Crippen LogP contribution in [0.5, 0.6) is 5.75 Å². The van der Waals surface area contributed by atoms with Gasteiger partial charge in [-0.3, -0.25) is 4.79 Å². The number of fused-ring (bicyclic) bond motifs is 1. The Morgan fingerprint density at radius 2 is 2.17 bits per heavy atom. The molecular weight excluding hydrogens is 369 g/mol. The molecule has 0 fully saturated rings. The minimum absolute atomic E-state index is 0.0153. The van der Waals surface area contributed by atoms with Crippen LogP contribution in [0.4, 0.5) is 4.39 Å². The molecule has 1 atom stereocenters. The molecule has 0 saturated carbocycles. The third kappa shape index (κ3) is 3.92. The first-order valence-electron chi connectivity index (χ1n) is 9.50. The third-order valence-electron chi connectivity index (χ3n) is 5.12. The largest absolute Gasteiger partial charge is 0.494 e. The maximum Gasteiger partial charge on any atom is 0.244 e. The molecule has 0 saturated heterocycles. The topological polar surface area (TPSA) is 56.1 Å². The minimum Gasteiger partial charge on any atom is -0.494 e. The van der Waals surface area contributed by atoms with Crippen LogP contribution in [-0.2, 0) is 11.2 Å². The van der Waals surface area contributed by atoms with Gasteiger partial charge < -0.3 is 14.6 Å². The molecule has 1 unspecified atom stereocenters. The van der Waals surface area contributed by atoms with Gasteiger partial charge in [0.1, 0.15) is 11.4 Å². The van der Waals surface area contributed by atoms with E-state index in [1.54, 1.807) is 29.2 Å². The summed E-state index contributed by atoms with van der Waals surface area (Å²) in [6.45, 7) is 1.83. The number of aryl methyl sites for hydroxylation is 2. The number of hydrogen-bond acceptors (Lipinski definition) is 3. The van der Waals surface area contributed by atoms with Gasteiger partial charge in [0.15, 0.2) is 5.82 Å². The molecule has 148 valence electrons. The zero-order valence-corrected chi connectivity index (χ0v) is 16.4. The molecule has 29 heavy (non-hydrogen) atoms. The summed E-state index contributed by atoms with van der Waals surface area (Å²) in [5, 5.41) is 3.03. The molecule has 1 aliphatic carbocycles. The van der Waals surface area contributed by atoms with Crippen LogP contribution in [-0.4, -0.2) is 22.6 Å². The van der Waals surface area contributed by atoms with Gasteiger partial charge in [0.25, 0.3) is 0 Å². The highest BCUT2D eigenvalue weighted by molar-refractivity contribution is 5.92. The Bertz CT molecular complexity index is 1090. The van der Waals surface area contributed by atoms with Gasteiger partial charge in [0.05, 0.1) is 25.2 Å². The fourth-order valence-electron chi connectivity index (χ4n) is 3.74. The minimum atomic E-state index is -0.452. The molecule has 3 aromatic rings. The van der Waals surface area contributed by atoms with Gasteiger partial charge in [-0.05, 0) is 54.7 Å². The quantitative estimate of drug-likeness (QED) is 0.665. The number of nitrogens with one attached hydrogen (secondary N) is 1. The van der Waals surface area contributed by atoms with Crippen molar-refractivity contribution in [3.63, 3.8) is 0 Å². The average molecular weight is 391 g/mol. The van der Waals surface area contributed by atoms with E-state index in [0.717, 1.165) is 18.5 Å². The Morgan fingerprint density at radius 3 is 2.93 bits per heavy atom. The first kappa shape index (κ1) is 18.9. The summed E-state index contributed by atoms with van der Waals surface area (Å²) in [6.07, 6.45) is 8.13. The number of imidazole rings is 1. The number of amides is 1. The standard InChI is InChI=1S/C23H22FN3O2/c1-15-13-27(14-25-15)23-19(24)11-16(12-21(23)29-2)7-10-22(28)26-20-9-8-17-5-3-4-6-18(17)20/h3-7,10-14,20H,8-9H2,1-2H3,(H,26,28). The van der Waals surface area contributed by atoms with E-state index < -0.39 is 5.82 Å². The van der Waals surface area contributed by atoms with Gasteiger partial charge in [0.2, 0.25) is 5.91 Å². The number of carbonyl (C=O) groups excluding carboxylic acids is 1. The second-order valence-corrected chi connectivity index (χ2v) is 7.11. The number of halogens is 1. The van der Waals surface area contributed by atoms with Gasteiger partial charge in [-0.2, -0.15) is 0 Å². The van der Waals surface area contributed by atoms with E-state index in [-0.39, 0.29) is 17.6 Å². The van der Waals surface area contributed by atoms with Crippen molar-refractivity contribution in [1.82, 2.24) is 14.9 Å². The predicted molar refractivity (Wildman–Crippen MR) is 109 cm³/mol. The number of aromatic nitrogens is 2. The summed E-state index contributed by atoms with van der Waals surface area (Å²) in [6, 6.07) is 11.2. The van der Waals surface area contributed by atoms with E-state index in [0.29, 0.717) is 11.3 Å². The highest BCUT2D eigenvalue weighted by Crippen LogP contribution is 2.31. The number of carbonyl (C=O) groups is 1. The highest BCUT2D eigenvalue weighted by atomic mass is 19.1. The molecule has 1 N–H and O–H groups in total. The molecule has 1 aromatic heterocycles. The van der Waals surface area contributed by atoms with Crippen LogP contribution >= 0.6 is 0 Å². The van der Waals surface area contributed by atoms with E-state index in [1.165, 1.54) is 30.4 Å². The molecule has 0 spiro atoms. The van der Waals surface area contributed by atoms with E-state index >= 15 is 0 Å². The Kier molecular flexibility index (Phi) is 5.16. The molecule has 0 bridgehead atoms. The Labute approximate surface area is 168 Å². The summed E-state index contributed by atoms with van der Waals surface area (Å²) in [7, 11) is 1.49. The van der Waals surface area contributed by atoms with Crippen LogP contribution in [0, 0.1) is 12.7 Å². The van der Waals surface area contributed by atoms with E-state index in [1.807, 2.05) is 25.1 Å². The lowest BCUT2D eigenvalue weighted by Crippen LogP contribution is -2.25. The van der Waals surface area contributed by atoms with E-state index in [4.69, 9.17) is 4.74 Å². The van der Waals surface area contributed by atoms with Gasteiger partial charge in [0, 0.05) is 12.3 Å². The number of ether oxygens (including phenoxy) is 1. The second-order valence-electron chi connectivity index (χ2n) is 7.11. The van der Waals surface area contributed by atoms with Crippen LogP contribution in [0.3, 0.4) is 0 Å². The van der Waals surface area contributed by atoms with E-state index in [9.17, 15) is 9.18 Å². The van der Waals surface area contributed by atoms with Crippen LogP contribution in [0.15, 0.2) is 55.0 Å². The molecule has 5 nitrogen and oxygen atoms in total. The molecule has 1 aliphatic rings. The number of benzene rings is 2. The smallest absolute Gasteiger partial charge is 0.244 e. The normalized spacial score (nSPS) is 15.5. The molecular formula is C23H22FN3O2. The van der Waals surface area contributed by atoms with Crippen molar-refractivity contribution in [2.24, 2.45) is 0 Å². The van der Waals surface area contributed by atoms with Crippen molar-refractivity contribution in [3.05, 3.63) is 83.2 Å². The second kappa shape index (κ2) is 7.91. The average Bonchev–Trinajstić information content (AvgIpc) is 3.32. The van der Waals surface area contributed by atoms with Crippen LogP contribution in [0.25, 0.3) is 11.8 Å². The Balaban J connectivity index is 1.51. The lowest BCUT2D eigenvalue weighted by molar-refractivity contribution is -0.117. The molecule has 0 radical (unpaired) electrons. The van der Waals surface area contributed by atoms with Gasteiger partial charge >= 0.3 is 0 Å². The lowest BCUT2D eigenvalue weighted by Gasteiger charge is -2.13. The fraction of sp³-hybridized carbons (Fsp3) is 0.217. The first-order valence-corrected chi connectivity index (χ1v) is 9.50. The number of methoxy groups -OCH3 is 1. The Hall–Kier alpha value is -3.41. The van der Waals surface area contributed by atoms with Crippen molar-refractivity contribution >= 4 is 12.0 Å². The molecule has 1 heterocycles. The zero-order valence-electron chi connectivity index (χ0n) is 16.4. The monoisotopic (exact) mass is 391 g/mol. The number of hydrogen-bond donors (Lipinski definition) is 1. The van der Waals surface area contributed by atoms with Crippen LogP contribution in [0.1, 0.15) is 34.8 Å². The summed E-state index contributed by atoms with van der Waals surface area (Å²) >= 11 is 0. The fourth-order valence-corrected chi connectivity index (χ4v) is 3.74. The van der Waals surface area contributed by atoms with Crippen molar-refractivity contribution in [2.45, 2.75) is 25.8 Å². The van der Waals surface area contributed by atoms with E-state index in [2.05, 4.69) is 16.4 Å². The third-order valence-corrected chi connectivity index (χ3v) is 5.12. The van der Waals surface area contributed by atoms with Crippen LogP contribution < -0.4 is 10.1 Å². The van der Waals surface area contributed by atoms with Gasteiger partial charge in [-0.1, -0.05) is 24.3 Å². The summed E-state index contributed by atoms with van der Waals surface area (Å²) in [5.74, 6) is -0.293. The van der Waals surface area contributed by atoms with Crippen molar-refractivity contribution in [3.8, 4) is 11.4 Å². The number of nitrogens with zero attached hydrogens (tertiary/aromatic N) is 2. The maximum atomic E-state index is 14.7. The van der Waals surface area contributed by atoms with Crippen molar-refractivity contribution in [1.29, 1.82) is 0 Å². The molecule has 2 aromatic carbocycles. The zero-order chi connectivity index (χ0) is 20.4. The SMILES string of the molecule is COc1cc(C=CC(=O)NC2CCc3ccccc32)cc(F)c1-n1cnc(C)c1. The van der Waals surface area contributed by atoms with Crippen molar-refractivity contribution < 1.29 is 13.9 Å². The lowest BCUT2D eigenvalue weighted by atomic mass is 10.1. The molecule has 6 heteroatoms. The molecule has 4 rings (SSSR count). The summed E-state index contributed by atoms with van der Waals surface area (Å²) < 4.78 is 21.7. The number of rotatable bonds is 5. The summed E-state index contributed by atoms with van der Waals surface area (Å²) in [5.41, 5.74) is 4.06. The van der Waals surface area contributed by atoms with Gasteiger partial charge in [-0.15, -0.1) is 0 Å². The van der Waals surface area contributed by atoms with Crippen LogP contribution in [0.2, 0.25) is 0 Å². The first-order chi connectivity index (χ1) is 14.0. The Morgan fingerprint density at radius 1 is 1.34 bits per heavy atom. The maximum absolute atomic E-state index is 14.7. The van der Waals surface area contributed by atoms with Crippen molar-refractivity contribution in [2.75, 3.05) is 7.11 Å². The molecule has 0 aliphatic heterocycles. The molecule has 1 amide bonds. The predicted octanol–water partition coefficient (Wildman–Crippen LogP) is 4.15. The van der Waals surface area contributed by atoms with Gasteiger partial charge in [-0.25, -0.2) is 9.37 Å².